The zero-order valence-electron chi connectivity index (χ0n) is 13.1. The average molecular weight is 328 g/mol. The summed E-state index contributed by atoms with van der Waals surface area (Å²) in [5.41, 5.74) is 2.67. The van der Waals surface area contributed by atoms with Gasteiger partial charge in [0, 0.05) is 0 Å². The van der Waals surface area contributed by atoms with Crippen molar-refractivity contribution in [2.75, 3.05) is 0 Å². The lowest BCUT2D eigenvalue weighted by atomic mass is 9.66. The first-order valence-electron chi connectivity index (χ1n) is 8.12. The number of rotatable bonds is 2. The highest BCUT2D eigenvalue weighted by Gasteiger charge is 2.53. The standard InChI is InChI=1S/C18H16O6/c1-2-8-3-4-9-10(5-8)11(12-7-14(19)23-16(12)20)6-13-15(9)18(22)24-17(13)21/h3-5,11-13,15H,2,6-7H2,1H3. The summed E-state index contributed by atoms with van der Waals surface area (Å²) in [6, 6.07) is 5.74. The van der Waals surface area contributed by atoms with Crippen molar-refractivity contribution in [3.63, 3.8) is 0 Å². The summed E-state index contributed by atoms with van der Waals surface area (Å²) in [6.07, 6.45) is 1.15. The van der Waals surface area contributed by atoms with E-state index in [1.54, 1.807) is 0 Å². The average Bonchev–Trinajstić information content (AvgIpc) is 3.04. The molecule has 6 nitrogen and oxygen atoms in total. The van der Waals surface area contributed by atoms with Crippen LogP contribution in [-0.4, -0.2) is 23.9 Å². The van der Waals surface area contributed by atoms with Crippen LogP contribution in [-0.2, 0) is 35.1 Å². The summed E-state index contributed by atoms with van der Waals surface area (Å²) in [4.78, 5) is 47.7. The number of cyclic esters (lactones) is 4. The van der Waals surface area contributed by atoms with Crippen LogP contribution in [0.5, 0.6) is 0 Å². The van der Waals surface area contributed by atoms with E-state index in [1.807, 2.05) is 25.1 Å². The molecule has 1 aromatic carbocycles. The van der Waals surface area contributed by atoms with E-state index in [-0.39, 0.29) is 12.3 Å². The zero-order valence-corrected chi connectivity index (χ0v) is 13.1. The molecule has 0 saturated carbocycles. The predicted octanol–water partition coefficient (Wildman–Crippen LogP) is 1.61. The molecule has 0 amide bonds. The van der Waals surface area contributed by atoms with Crippen molar-refractivity contribution in [2.45, 2.75) is 38.0 Å². The molecule has 0 spiro atoms. The summed E-state index contributed by atoms with van der Waals surface area (Å²) in [5.74, 6) is -4.27. The quantitative estimate of drug-likeness (QED) is 0.605. The molecular formula is C18H16O6. The summed E-state index contributed by atoms with van der Waals surface area (Å²) >= 11 is 0. The molecule has 6 heteroatoms. The van der Waals surface area contributed by atoms with Crippen molar-refractivity contribution >= 4 is 23.9 Å². The minimum atomic E-state index is -0.609. The molecule has 24 heavy (non-hydrogen) atoms. The topological polar surface area (TPSA) is 86.7 Å². The molecule has 4 rings (SSSR count). The Morgan fingerprint density at radius 2 is 1.67 bits per heavy atom. The van der Waals surface area contributed by atoms with Crippen molar-refractivity contribution in [3.05, 3.63) is 34.9 Å². The molecule has 0 aromatic heterocycles. The lowest BCUT2D eigenvalue weighted by Gasteiger charge is -2.33. The Bertz CT molecular complexity index is 780. The molecule has 1 aliphatic carbocycles. The van der Waals surface area contributed by atoms with Crippen molar-refractivity contribution < 1.29 is 28.7 Å². The minimum Gasteiger partial charge on any atom is -0.393 e. The van der Waals surface area contributed by atoms with Gasteiger partial charge in [-0.15, -0.1) is 0 Å². The second kappa shape index (κ2) is 5.26. The van der Waals surface area contributed by atoms with Crippen LogP contribution in [0.3, 0.4) is 0 Å². The molecule has 2 saturated heterocycles. The Morgan fingerprint density at radius 1 is 0.917 bits per heavy atom. The van der Waals surface area contributed by atoms with Crippen LogP contribution in [0.1, 0.15) is 48.3 Å². The molecule has 2 heterocycles. The number of fused-ring (bicyclic) bond motifs is 3. The fourth-order valence-corrected chi connectivity index (χ4v) is 4.14. The summed E-state index contributed by atoms with van der Waals surface area (Å²) in [7, 11) is 0. The normalized spacial score (nSPS) is 31.5. The van der Waals surface area contributed by atoms with Gasteiger partial charge in [0.2, 0.25) is 0 Å². The van der Waals surface area contributed by atoms with Gasteiger partial charge in [0.15, 0.2) is 0 Å². The first-order valence-corrected chi connectivity index (χ1v) is 8.12. The van der Waals surface area contributed by atoms with Gasteiger partial charge >= 0.3 is 23.9 Å². The van der Waals surface area contributed by atoms with Crippen LogP contribution in [0.4, 0.5) is 0 Å². The van der Waals surface area contributed by atoms with Gasteiger partial charge < -0.3 is 9.47 Å². The van der Waals surface area contributed by atoms with Gasteiger partial charge in [-0.1, -0.05) is 25.1 Å². The number of ether oxygens (including phenoxy) is 2. The molecule has 4 atom stereocenters. The molecule has 0 radical (unpaired) electrons. The Hall–Kier alpha value is -2.50. The highest BCUT2D eigenvalue weighted by Crippen LogP contribution is 2.51. The SMILES string of the molecule is CCc1ccc2c(c1)C(C1CC(=O)OC1=O)CC1C(=O)OC(=O)C21. The minimum absolute atomic E-state index is 0.0136. The van der Waals surface area contributed by atoms with E-state index in [2.05, 4.69) is 0 Å². The maximum atomic E-state index is 12.1. The fourth-order valence-electron chi connectivity index (χ4n) is 4.14. The third kappa shape index (κ3) is 2.09. The second-order valence-electron chi connectivity index (χ2n) is 6.59. The van der Waals surface area contributed by atoms with E-state index in [4.69, 9.17) is 9.47 Å². The highest BCUT2D eigenvalue weighted by molar-refractivity contribution is 6.01. The zero-order chi connectivity index (χ0) is 17.0. The lowest BCUT2D eigenvalue weighted by Crippen LogP contribution is -2.31. The highest BCUT2D eigenvalue weighted by atomic mass is 16.6. The molecule has 2 fully saturated rings. The molecule has 4 unspecified atom stereocenters. The lowest BCUT2D eigenvalue weighted by molar-refractivity contribution is -0.155. The molecule has 3 aliphatic rings. The smallest absolute Gasteiger partial charge is 0.321 e. The van der Waals surface area contributed by atoms with E-state index in [0.29, 0.717) is 6.42 Å². The van der Waals surface area contributed by atoms with E-state index in [9.17, 15) is 19.2 Å². The van der Waals surface area contributed by atoms with Crippen LogP contribution in [0.15, 0.2) is 18.2 Å². The van der Waals surface area contributed by atoms with Gasteiger partial charge in [-0.2, -0.15) is 0 Å². The largest absolute Gasteiger partial charge is 0.393 e. The number of benzene rings is 1. The van der Waals surface area contributed by atoms with Crippen LogP contribution in [0.2, 0.25) is 0 Å². The molecular weight excluding hydrogens is 312 g/mol. The first kappa shape index (κ1) is 15.1. The summed E-state index contributed by atoms with van der Waals surface area (Å²) in [6.45, 7) is 2.02. The number of carbonyl (C=O) groups is 4. The number of hydrogen-bond acceptors (Lipinski definition) is 6. The van der Waals surface area contributed by atoms with E-state index < -0.39 is 41.6 Å². The Labute approximate surface area is 138 Å². The number of hydrogen-bond donors (Lipinski definition) is 0. The van der Waals surface area contributed by atoms with E-state index >= 15 is 0 Å². The van der Waals surface area contributed by atoms with Crippen molar-refractivity contribution in [1.29, 1.82) is 0 Å². The van der Waals surface area contributed by atoms with Gasteiger partial charge in [-0.3, -0.25) is 19.2 Å². The summed E-state index contributed by atoms with van der Waals surface area (Å²) in [5, 5.41) is 0. The van der Waals surface area contributed by atoms with Crippen molar-refractivity contribution in [1.82, 2.24) is 0 Å². The van der Waals surface area contributed by atoms with Crippen LogP contribution in [0, 0.1) is 11.8 Å². The molecule has 0 N–H and O–H groups in total. The molecule has 2 aliphatic heterocycles. The van der Waals surface area contributed by atoms with Crippen molar-refractivity contribution in [2.24, 2.45) is 11.8 Å². The number of carbonyl (C=O) groups excluding carboxylic acids is 4. The maximum Gasteiger partial charge on any atom is 0.321 e. The van der Waals surface area contributed by atoms with Crippen LogP contribution >= 0.6 is 0 Å². The molecule has 0 bridgehead atoms. The Balaban J connectivity index is 1.84. The third-order valence-electron chi connectivity index (χ3n) is 5.35. The molecule has 124 valence electrons. The second-order valence-corrected chi connectivity index (χ2v) is 6.59. The van der Waals surface area contributed by atoms with Gasteiger partial charge in [0.05, 0.1) is 24.2 Å². The fraction of sp³-hybridized carbons (Fsp3) is 0.444. The van der Waals surface area contributed by atoms with Crippen molar-refractivity contribution in [3.8, 4) is 0 Å². The van der Waals surface area contributed by atoms with Gasteiger partial charge in [0.25, 0.3) is 0 Å². The predicted molar refractivity (Wildman–Crippen MR) is 79.7 cm³/mol. The molecule has 1 aromatic rings. The van der Waals surface area contributed by atoms with E-state index in [0.717, 1.165) is 23.1 Å². The number of esters is 4. The third-order valence-corrected chi connectivity index (χ3v) is 5.35. The maximum absolute atomic E-state index is 12.1. The first-order chi connectivity index (χ1) is 11.5. The number of aryl methyl sites for hydroxylation is 1. The van der Waals surface area contributed by atoms with Gasteiger partial charge in [-0.25, -0.2) is 0 Å². The Morgan fingerprint density at radius 3 is 2.33 bits per heavy atom. The Kier molecular flexibility index (Phi) is 3.30. The van der Waals surface area contributed by atoms with Crippen LogP contribution in [0.25, 0.3) is 0 Å². The van der Waals surface area contributed by atoms with E-state index in [1.165, 1.54) is 0 Å². The van der Waals surface area contributed by atoms with Gasteiger partial charge in [-0.05, 0) is 35.4 Å². The summed E-state index contributed by atoms with van der Waals surface area (Å²) < 4.78 is 9.52. The van der Waals surface area contributed by atoms with Crippen LogP contribution < -0.4 is 0 Å². The van der Waals surface area contributed by atoms with Gasteiger partial charge in [0.1, 0.15) is 0 Å². The monoisotopic (exact) mass is 328 g/mol.